The van der Waals surface area contributed by atoms with Gasteiger partial charge in [0.15, 0.2) is 0 Å². The first-order valence-corrected chi connectivity index (χ1v) is 7.78. The largest absolute Gasteiger partial charge is 0.460 e. The van der Waals surface area contributed by atoms with Crippen molar-refractivity contribution in [3.05, 3.63) is 5.89 Å². The molecule has 0 radical (unpaired) electrons. The van der Waals surface area contributed by atoms with Crippen LogP contribution in [0.5, 0.6) is 0 Å². The summed E-state index contributed by atoms with van der Waals surface area (Å²) in [6.07, 6.45) is 1.56. The normalized spacial score (nSPS) is 18.6. The number of carbonyl (C=O) groups is 2. The molecule has 1 unspecified atom stereocenters. The number of rotatable bonds is 4. The highest BCUT2D eigenvalue weighted by Crippen LogP contribution is 2.24. The molecule has 2 rings (SSSR count). The standard InChI is InChI=1S/C15H23N3O5/c1-5-21-13(20)11-16-17-14(22-11)18-8-6-7-10(9-18)12(19)23-15(2,3)4/h10H,5-9H2,1-4H3. The Labute approximate surface area is 135 Å². The quantitative estimate of drug-likeness (QED) is 0.773. The lowest BCUT2D eigenvalue weighted by Gasteiger charge is -2.31. The average molecular weight is 325 g/mol. The summed E-state index contributed by atoms with van der Waals surface area (Å²) in [6, 6.07) is 0.223. The molecule has 8 nitrogen and oxygen atoms in total. The second-order valence-electron chi connectivity index (χ2n) is 6.43. The summed E-state index contributed by atoms with van der Waals surface area (Å²) in [4.78, 5) is 25.6. The Morgan fingerprint density at radius 3 is 2.74 bits per heavy atom. The second kappa shape index (κ2) is 6.97. The number of carbonyl (C=O) groups excluding carboxylic acids is 2. The number of esters is 2. The van der Waals surface area contributed by atoms with Gasteiger partial charge in [-0.1, -0.05) is 10.2 Å². The molecule has 0 aromatic carbocycles. The maximum Gasteiger partial charge on any atom is 0.396 e. The number of nitrogens with zero attached hydrogens (tertiary/aromatic N) is 3. The van der Waals surface area contributed by atoms with Crippen molar-refractivity contribution in [3.63, 3.8) is 0 Å². The summed E-state index contributed by atoms with van der Waals surface area (Å²) in [5.41, 5.74) is -0.513. The third kappa shape index (κ3) is 4.67. The molecule has 1 aromatic rings. The van der Waals surface area contributed by atoms with E-state index in [1.807, 2.05) is 20.8 Å². The van der Waals surface area contributed by atoms with Crippen molar-refractivity contribution < 1.29 is 23.5 Å². The van der Waals surface area contributed by atoms with Crippen molar-refractivity contribution in [2.75, 3.05) is 24.6 Å². The van der Waals surface area contributed by atoms with Gasteiger partial charge < -0.3 is 18.8 Å². The Hall–Kier alpha value is -2.12. The van der Waals surface area contributed by atoms with Crippen LogP contribution in [0.2, 0.25) is 0 Å². The number of hydrogen-bond acceptors (Lipinski definition) is 8. The molecular formula is C15H23N3O5. The molecule has 1 atom stereocenters. The zero-order chi connectivity index (χ0) is 17.0. The SMILES string of the molecule is CCOC(=O)c1nnc(N2CCCC(C(=O)OC(C)(C)C)C2)o1. The molecule has 0 N–H and O–H groups in total. The van der Waals surface area contributed by atoms with E-state index in [1.165, 1.54) is 0 Å². The van der Waals surface area contributed by atoms with Crippen LogP contribution in [0.4, 0.5) is 6.01 Å². The monoisotopic (exact) mass is 325 g/mol. The molecule has 1 aromatic heterocycles. The van der Waals surface area contributed by atoms with Crippen LogP contribution < -0.4 is 4.90 Å². The molecule has 23 heavy (non-hydrogen) atoms. The number of piperidine rings is 1. The lowest BCUT2D eigenvalue weighted by Crippen LogP contribution is -2.41. The smallest absolute Gasteiger partial charge is 0.396 e. The fourth-order valence-electron chi connectivity index (χ4n) is 2.35. The summed E-state index contributed by atoms with van der Waals surface area (Å²) in [6.45, 7) is 8.58. The molecule has 0 spiro atoms. The van der Waals surface area contributed by atoms with Crippen molar-refractivity contribution in [1.29, 1.82) is 0 Å². The molecule has 1 saturated heterocycles. The van der Waals surface area contributed by atoms with Gasteiger partial charge in [-0.05, 0) is 40.5 Å². The summed E-state index contributed by atoms with van der Waals surface area (Å²) in [7, 11) is 0. The fraction of sp³-hybridized carbons (Fsp3) is 0.733. The molecule has 1 aliphatic heterocycles. The van der Waals surface area contributed by atoms with Gasteiger partial charge in [0.1, 0.15) is 5.60 Å². The molecule has 8 heteroatoms. The van der Waals surface area contributed by atoms with E-state index < -0.39 is 11.6 Å². The lowest BCUT2D eigenvalue weighted by atomic mass is 9.98. The van der Waals surface area contributed by atoms with E-state index >= 15 is 0 Å². The number of aromatic nitrogens is 2. The summed E-state index contributed by atoms with van der Waals surface area (Å²) in [5, 5.41) is 7.56. The van der Waals surface area contributed by atoms with Crippen molar-refractivity contribution in [1.82, 2.24) is 10.2 Å². The number of hydrogen-bond donors (Lipinski definition) is 0. The molecule has 1 aliphatic rings. The maximum atomic E-state index is 12.2. The Kier molecular flexibility index (Phi) is 5.23. The Bertz CT molecular complexity index is 564. The third-order valence-electron chi connectivity index (χ3n) is 3.30. The first kappa shape index (κ1) is 17.2. The van der Waals surface area contributed by atoms with Gasteiger partial charge in [0.25, 0.3) is 0 Å². The zero-order valence-electron chi connectivity index (χ0n) is 14.0. The topological polar surface area (TPSA) is 94.8 Å². The van der Waals surface area contributed by atoms with Crippen LogP contribution in [-0.4, -0.2) is 47.4 Å². The van der Waals surface area contributed by atoms with Crippen molar-refractivity contribution in [2.24, 2.45) is 5.92 Å². The van der Waals surface area contributed by atoms with Gasteiger partial charge in [-0.15, -0.1) is 0 Å². The van der Waals surface area contributed by atoms with Gasteiger partial charge >= 0.3 is 23.8 Å². The van der Waals surface area contributed by atoms with Gasteiger partial charge in [-0.2, -0.15) is 0 Å². The summed E-state index contributed by atoms with van der Waals surface area (Å²) >= 11 is 0. The minimum absolute atomic E-state index is 0.179. The minimum atomic E-state index is -0.646. The van der Waals surface area contributed by atoms with E-state index in [1.54, 1.807) is 11.8 Å². The molecule has 1 fully saturated rings. The molecule has 0 aliphatic carbocycles. The molecule has 0 bridgehead atoms. The second-order valence-corrected chi connectivity index (χ2v) is 6.43. The van der Waals surface area contributed by atoms with Crippen molar-refractivity contribution >= 4 is 18.0 Å². The number of anilines is 1. The van der Waals surface area contributed by atoms with Crippen molar-refractivity contribution in [2.45, 2.75) is 46.1 Å². The lowest BCUT2D eigenvalue weighted by molar-refractivity contribution is -0.160. The third-order valence-corrected chi connectivity index (χ3v) is 3.30. The van der Waals surface area contributed by atoms with E-state index in [2.05, 4.69) is 10.2 Å². The fourth-order valence-corrected chi connectivity index (χ4v) is 2.35. The van der Waals surface area contributed by atoms with E-state index in [0.29, 0.717) is 13.1 Å². The molecule has 0 saturated carbocycles. The summed E-state index contributed by atoms with van der Waals surface area (Å²) in [5.74, 6) is -1.30. The van der Waals surface area contributed by atoms with E-state index in [9.17, 15) is 9.59 Å². The van der Waals surface area contributed by atoms with Crippen LogP contribution in [0, 0.1) is 5.92 Å². The van der Waals surface area contributed by atoms with Gasteiger partial charge in [-0.3, -0.25) is 4.79 Å². The van der Waals surface area contributed by atoms with Crippen LogP contribution in [0.25, 0.3) is 0 Å². The van der Waals surface area contributed by atoms with Crippen LogP contribution in [0.1, 0.15) is 51.2 Å². The Morgan fingerprint density at radius 1 is 1.35 bits per heavy atom. The molecule has 0 amide bonds. The van der Waals surface area contributed by atoms with Crippen LogP contribution in [-0.2, 0) is 14.3 Å². The molecule has 2 heterocycles. The number of ether oxygens (including phenoxy) is 2. The van der Waals surface area contributed by atoms with Crippen molar-refractivity contribution in [3.8, 4) is 0 Å². The maximum absolute atomic E-state index is 12.2. The predicted octanol–water partition coefficient (Wildman–Crippen LogP) is 1.80. The van der Waals surface area contributed by atoms with E-state index in [-0.39, 0.29) is 30.4 Å². The highest BCUT2D eigenvalue weighted by molar-refractivity contribution is 5.84. The Balaban J connectivity index is 2.01. The Morgan fingerprint density at radius 2 is 2.09 bits per heavy atom. The van der Waals surface area contributed by atoms with Gasteiger partial charge in [0, 0.05) is 13.1 Å². The highest BCUT2D eigenvalue weighted by atomic mass is 16.6. The predicted molar refractivity (Wildman–Crippen MR) is 81.0 cm³/mol. The summed E-state index contributed by atoms with van der Waals surface area (Å²) < 4.78 is 15.6. The molecule has 128 valence electrons. The average Bonchev–Trinajstić information content (AvgIpc) is 2.96. The first-order chi connectivity index (χ1) is 10.8. The molecular weight excluding hydrogens is 302 g/mol. The van der Waals surface area contributed by atoms with Gasteiger partial charge in [-0.25, -0.2) is 4.79 Å². The van der Waals surface area contributed by atoms with Crippen LogP contribution in [0.15, 0.2) is 4.42 Å². The first-order valence-electron chi connectivity index (χ1n) is 7.78. The van der Waals surface area contributed by atoms with Crippen LogP contribution in [0.3, 0.4) is 0 Å². The van der Waals surface area contributed by atoms with E-state index in [0.717, 1.165) is 12.8 Å². The zero-order valence-corrected chi connectivity index (χ0v) is 14.0. The highest BCUT2D eigenvalue weighted by Gasteiger charge is 2.32. The minimum Gasteiger partial charge on any atom is -0.460 e. The van der Waals surface area contributed by atoms with E-state index in [4.69, 9.17) is 13.9 Å². The van der Waals surface area contributed by atoms with Gasteiger partial charge in [0.05, 0.1) is 12.5 Å². The van der Waals surface area contributed by atoms with Gasteiger partial charge in [0.2, 0.25) is 0 Å². The van der Waals surface area contributed by atoms with Crippen LogP contribution >= 0.6 is 0 Å².